The van der Waals surface area contributed by atoms with Crippen LogP contribution < -0.4 is 11.2 Å². The van der Waals surface area contributed by atoms with E-state index in [0.29, 0.717) is 28.6 Å². The van der Waals surface area contributed by atoms with Crippen LogP contribution in [0, 0.1) is 23.2 Å². The maximum Gasteiger partial charge on any atom is 0.230 e. The SMILES string of the molecule is C[C@@H](NC(=O)CSc1nnc(Cc2cccc3ccccc23)n1N)C12CC3CC(CC(C3)C1)C2. The molecule has 4 saturated carbocycles. The monoisotopic (exact) mass is 475 g/mol. The van der Waals surface area contributed by atoms with Gasteiger partial charge in [0.15, 0.2) is 5.82 Å². The lowest BCUT2D eigenvalue weighted by atomic mass is 9.48. The van der Waals surface area contributed by atoms with Crippen molar-refractivity contribution in [2.24, 2.45) is 23.2 Å². The molecule has 7 heteroatoms. The Morgan fingerprint density at radius 3 is 2.50 bits per heavy atom. The summed E-state index contributed by atoms with van der Waals surface area (Å²) in [4.78, 5) is 12.8. The Morgan fingerprint density at radius 1 is 1.09 bits per heavy atom. The molecule has 3 aromatic rings. The molecule has 1 amide bonds. The van der Waals surface area contributed by atoms with Gasteiger partial charge in [-0.25, -0.2) is 4.68 Å². The number of carbonyl (C=O) groups excluding carboxylic acids is 1. The Balaban J connectivity index is 1.08. The highest BCUT2D eigenvalue weighted by molar-refractivity contribution is 7.99. The van der Waals surface area contributed by atoms with E-state index < -0.39 is 0 Å². The fourth-order valence-electron chi connectivity index (χ4n) is 7.42. The van der Waals surface area contributed by atoms with E-state index in [2.05, 4.69) is 52.8 Å². The second-order valence-corrected chi connectivity index (χ2v) is 11.9. The van der Waals surface area contributed by atoms with Gasteiger partial charge in [0.2, 0.25) is 11.1 Å². The van der Waals surface area contributed by atoms with Crippen LogP contribution in [0.3, 0.4) is 0 Å². The van der Waals surface area contributed by atoms with E-state index in [4.69, 9.17) is 5.84 Å². The van der Waals surface area contributed by atoms with E-state index in [1.165, 1.54) is 65.7 Å². The number of benzene rings is 2. The van der Waals surface area contributed by atoms with Gasteiger partial charge in [0, 0.05) is 12.5 Å². The molecule has 178 valence electrons. The van der Waals surface area contributed by atoms with Gasteiger partial charge in [0.1, 0.15) is 0 Å². The van der Waals surface area contributed by atoms with Gasteiger partial charge < -0.3 is 11.2 Å². The number of aromatic nitrogens is 3. The summed E-state index contributed by atoms with van der Waals surface area (Å²) < 4.78 is 1.53. The molecule has 4 fully saturated rings. The fourth-order valence-corrected chi connectivity index (χ4v) is 8.10. The van der Waals surface area contributed by atoms with Crippen LogP contribution in [-0.4, -0.2) is 32.6 Å². The molecule has 4 bridgehead atoms. The molecule has 1 heterocycles. The lowest BCUT2D eigenvalue weighted by Crippen LogP contribution is -2.56. The van der Waals surface area contributed by atoms with Crippen LogP contribution >= 0.6 is 11.8 Å². The van der Waals surface area contributed by atoms with Crippen LogP contribution in [0.1, 0.15) is 56.8 Å². The van der Waals surface area contributed by atoms with Crippen LogP contribution in [0.4, 0.5) is 0 Å². The summed E-state index contributed by atoms with van der Waals surface area (Å²) in [5.41, 5.74) is 1.48. The third kappa shape index (κ3) is 3.98. The molecular formula is C27H33N5OS. The average molecular weight is 476 g/mol. The number of nitrogens with zero attached hydrogens (tertiary/aromatic N) is 3. The number of rotatable bonds is 7. The van der Waals surface area contributed by atoms with E-state index in [1.54, 1.807) is 0 Å². The van der Waals surface area contributed by atoms with Crippen molar-refractivity contribution in [2.45, 2.75) is 63.1 Å². The molecule has 3 N–H and O–H groups in total. The third-order valence-corrected chi connectivity index (χ3v) is 9.62. The predicted molar refractivity (Wildman–Crippen MR) is 136 cm³/mol. The van der Waals surface area contributed by atoms with Gasteiger partial charge in [-0.05, 0) is 85.0 Å². The molecule has 1 aromatic heterocycles. The number of hydrogen-bond acceptors (Lipinski definition) is 5. The number of thioether (sulfide) groups is 1. The Bertz CT molecular complexity index is 1180. The van der Waals surface area contributed by atoms with Crippen LogP contribution in [0.2, 0.25) is 0 Å². The second-order valence-electron chi connectivity index (χ2n) is 10.9. The highest BCUT2D eigenvalue weighted by atomic mass is 32.2. The molecule has 0 spiro atoms. The number of nitrogen functional groups attached to an aromatic ring is 1. The summed E-state index contributed by atoms with van der Waals surface area (Å²) in [5, 5.41) is 14.9. The van der Waals surface area contributed by atoms with Crippen LogP contribution in [0.15, 0.2) is 47.6 Å². The number of nitrogens with one attached hydrogen (secondary N) is 1. The first-order valence-electron chi connectivity index (χ1n) is 12.6. The first kappa shape index (κ1) is 22.0. The lowest BCUT2D eigenvalue weighted by molar-refractivity contribution is -0.123. The Kier molecular flexibility index (Phi) is 5.55. The Hall–Kier alpha value is -2.54. The topological polar surface area (TPSA) is 85.8 Å². The molecule has 7 rings (SSSR count). The number of hydrogen-bond donors (Lipinski definition) is 2. The largest absolute Gasteiger partial charge is 0.352 e. The smallest absolute Gasteiger partial charge is 0.230 e. The lowest BCUT2D eigenvalue weighted by Gasteiger charge is -2.59. The second kappa shape index (κ2) is 8.59. The first-order valence-corrected chi connectivity index (χ1v) is 13.6. The zero-order valence-corrected chi connectivity index (χ0v) is 20.6. The van der Waals surface area contributed by atoms with Crippen molar-refractivity contribution in [3.05, 3.63) is 53.9 Å². The van der Waals surface area contributed by atoms with Crippen LogP contribution in [0.25, 0.3) is 10.8 Å². The number of fused-ring (bicyclic) bond motifs is 1. The molecule has 0 aliphatic heterocycles. The molecule has 0 radical (unpaired) electrons. The van der Waals surface area contributed by atoms with Crippen molar-refractivity contribution in [3.63, 3.8) is 0 Å². The maximum atomic E-state index is 12.8. The molecule has 0 unspecified atom stereocenters. The summed E-state index contributed by atoms with van der Waals surface area (Å²) in [6.07, 6.45) is 8.74. The van der Waals surface area contributed by atoms with Crippen LogP contribution in [-0.2, 0) is 11.2 Å². The standard InChI is InChI=1S/C27H33N5OS/c1-17(27-13-18-9-19(14-27)11-20(10-18)15-27)29-25(33)16-34-26-31-30-24(32(26)28)12-22-7-4-6-21-5-2-3-8-23(21)22/h2-8,17-20H,9-16,28H2,1H3,(H,29,33)/t17-,18?,19?,20?,27?/m1/s1. The van der Waals surface area contributed by atoms with Crippen molar-refractivity contribution < 1.29 is 4.79 Å². The number of carbonyl (C=O) groups is 1. The quantitative estimate of drug-likeness (QED) is 0.387. The highest BCUT2D eigenvalue weighted by Crippen LogP contribution is 2.61. The number of amides is 1. The normalized spacial score (nSPS) is 28.3. The minimum Gasteiger partial charge on any atom is -0.352 e. The van der Waals surface area contributed by atoms with Crippen LogP contribution in [0.5, 0.6) is 0 Å². The molecule has 4 aliphatic carbocycles. The summed E-state index contributed by atoms with van der Waals surface area (Å²) in [6, 6.07) is 14.8. The van der Waals surface area contributed by atoms with Crippen molar-refractivity contribution in [2.75, 3.05) is 11.6 Å². The zero-order valence-electron chi connectivity index (χ0n) is 19.7. The van der Waals surface area contributed by atoms with Gasteiger partial charge >= 0.3 is 0 Å². The summed E-state index contributed by atoms with van der Waals surface area (Å²) in [7, 11) is 0. The molecule has 0 saturated heterocycles. The number of nitrogens with two attached hydrogens (primary N) is 1. The average Bonchev–Trinajstić information content (AvgIpc) is 3.16. The Labute approximate surface area is 205 Å². The van der Waals surface area contributed by atoms with Gasteiger partial charge in [-0.3, -0.25) is 4.79 Å². The van der Waals surface area contributed by atoms with Crippen molar-refractivity contribution >= 4 is 28.4 Å². The molecule has 4 aliphatic rings. The molecule has 6 nitrogen and oxygen atoms in total. The fraction of sp³-hybridized carbons (Fsp3) is 0.519. The molecule has 2 aromatic carbocycles. The summed E-state index contributed by atoms with van der Waals surface area (Å²) in [6.45, 7) is 2.23. The van der Waals surface area contributed by atoms with Gasteiger partial charge in [-0.2, -0.15) is 0 Å². The predicted octanol–water partition coefficient (Wildman–Crippen LogP) is 4.55. The third-order valence-electron chi connectivity index (χ3n) is 8.68. The van der Waals surface area contributed by atoms with Crippen molar-refractivity contribution in [1.29, 1.82) is 0 Å². The van der Waals surface area contributed by atoms with E-state index >= 15 is 0 Å². The van der Waals surface area contributed by atoms with E-state index in [1.807, 2.05) is 12.1 Å². The molecular weight excluding hydrogens is 442 g/mol. The Morgan fingerprint density at radius 2 is 1.76 bits per heavy atom. The van der Waals surface area contributed by atoms with Gasteiger partial charge in [0.25, 0.3) is 0 Å². The summed E-state index contributed by atoms with van der Waals surface area (Å²) in [5.74, 6) is 10.0. The zero-order chi connectivity index (χ0) is 23.3. The van der Waals surface area contributed by atoms with Gasteiger partial charge in [-0.15, -0.1) is 10.2 Å². The van der Waals surface area contributed by atoms with Gasteiger partial charge in [-0.1, -0.05) is 54.2 Å². The summed E-state index contributed by atoms with van der Waals surface area (Å²) >= 11 is 1.36. The maximum absolute atomic E-state index is 12.8. The molecule has 34 heavy (non-hydrogen) atoms. The van der Waals surface area contributed by atoms with Crippen molar-refractivity contribution in [1.82, 2.24) is 20.2 Å². The highest BCUT2D eigenvalue weighted by Gasteiger charge is 2.53. The van der Waals surface area contributed by atoms with E-state index in [0.717, 1.165) is 23.3 Å². The minimum absolute atomic E-state index is 0.0619. The molecule has 1 atom stereocenters. The van der Waals surface area contributed by atoms with Crippen molar-refractivity contribution in [3.8, 4) is 0 Å². The first-order chi connectivity index (χ1) is 16.5. The van der Waals surface area contributed by atoms with E-state index in [-0.39, 0.29) is 11.9 Å². The van der Waals surface area contributed by atoms with E-state index in [9.17, 15) is 4.79 Å². The van der Waals surface area contributed by atoms with Gasteiger partial charge in [0.05, 0.1) is 5.75 Å². The minimum atomic E-state index is 0.0619.